The first kappa shape index (κ1) is 17.0. The molecule has 0 radical (unpaired) electrons. The topological polar surface area (TPSA) is 69.8 Å². The lowest BCUT2D eigenvalue weighted by Gasteiger charge is -2.14. The molecule has 3 aromatic rings. The third kappa shape index (κ3) is 3.72. The molecule has 4 rings (SSSR count). The van der Waals surface area contributed by atoms with Crippen LogP contribution in [-0.4, -0.2) is 39.3 Å². The second kappa shape index (κ2) is 7.07. The van der Waals surface area contributed by atoms with Gasteiger partial charge in [0.15, 0.2) is 9.84 Å². The van der Waals surface area contributed by atoms with Crippen LogP contribution in [0, 0.1) is 5.92 Å². The molecule has 0 spiro atoms. The lowest BCUT2D eigenvalue weighted by atomic mass is 10.1. The quantitative estimate of drug-likeness (QED) is 0.668. The Balaban J connectivity index is 1.61. The van der Waals surface area contributed by atoms with E-state index < -0.39 is 9.84 Å². The lowest BCUT2D eigenvalue weighted by molar-refractivity contribution is 0.473. The van der Waals surface area contributed by atoms with E-state index in [-0.39, 0.29) is 11.7 Å². The number of rotatable bonds is 6. The maximum atomic E-state index is 11.8. The van der Waals surface area contributed by atoms with E-state index in [1.54, 1.807) is 6.20 Å². The van der Waals surface area contributed by atoms with Gasteiger partial charge in [0, 0.05) is 43.2 Å². The van der Waals surface area contributed by atoms with Gasteiger partial charge in [-0.3, -0.25) is 4.68 Å². The summed E-state index contributed by atoms with van der Waals surface area (Å²) in [6.45, 7) is 1.47. The Morgan fingerprint density at radius 3 is 2.69 bits per heavy atom. The molecule has 136 valence electrons. The van der Waals surface area contributed by atoms with Crippen molar-refractivity contribution in [3.63, 3.8) is 0 Å². The van der Waals surface area contributed by atoms with Crippen molar-refractivity contribution >= 4 is 9.84 Å². The molecular weight excluding hydrogens is 348 g/mol. The van der Waals surface area contributed by atoms with E-state index in [1.165, 1.54) is 0 Å². The normalized spacial score (nSPS) is 19.0. The van der Waals surface area contributed by atoms with Gasteiger partial charge in [-0.25, -0.2) is 13.4 Å². The fourth-order valence-corrected chi connectivity index (χ4v) is 5.46. The molecule has 3 heterocycles. The molecular formula is C19H22N4O2S. The van der Waals surface area contributed by atoms with Gasteiger partial charge in [-0.2, -0.15) is 5.10 Å². The standard InChI is InChI=1S/C19H22N4O2S/c24-26(25)12-8-16(14-26)13-22-15-20-19(17-5-2-1-3-6-17)18(22)7-11-23-10-4-9-21-23/h1-6,9-10,15-16H,7-8,11-14H2/t16-/m1/s1. The third-order valence-electron chi connectivity index (χ3n) is 4.91. The van der Waals surface area contributed by atoms with E-state index >= 15 is 0 Å². The molecule has 1 fully saturated rings. The van der Waals surface area contributed by atoms with E-state index in [2.05, 4.69) is 26.8 Å². The maximum Gasteiger partial charge on any atom is 0.150 e. The molecule has 0 unspecified atom stereocenters. The Bertz CT molecular complexity index is 962. The molecule has 7 heteroatoms. The monoisotopic (exact) mass is 370 g/mol. The average molecular weight is 370 g/mol. The fraction of sp³-hybridized carbons (Fsp3) is 0.368. The van der Waals surface area contributed by atoms with E-state index in [0.717, 1.165) is 36.3 Å². The van der Waals surface area contributed by atoms with Crippen LogP contribution in [0.3, 0.4) is 0 Å². The number of sulfone groups is 1. The van der Waals surface area contributed by atoms with Crippen LogP contribution in [0.4, 0.5) is 0 Å². The highest BCUT2D eigenvalue weighted by Crippen LogP contribution is 2.26. The van der Waals surface area contributed by atoms with Gasteiger partial charge < -0.3 is 4.57 Å². The minimum atomic E-state index is -2.87. The molecule has 1 atom stereocenters. The molecule has 1 aromatic carbocycles. The fourth-order valence-electron chi connectivity index (χ4n) is 3.61. The summed E-state index contributed by atoms with van der Waals surface area (Å²) in [6, 6.07) is 12.0. The zero-order valence-electron chi connectivity index (χ0n) is 14.5. The molecule has 0 aliphatic carbocycles. The van der Waals surface area contributed by atoms with Crippen LogP contribution in [0.1, 0.15) is 12.1 Å². The van der Waals surface area contributed by atoms with Gasteiger partial charge in [-0.15, -0.1) is 0 Å². The SMILES string of the molecule is O=S1(=O)CC[C@H](Cn2cnc(-c3ccccc3)c2CCn2cccn2)C1. The van der Waals surface area contributed by atoms with Gasteiger partial charge in [0.05, 0.1) is 23.5 Å². The van der Waals surface area contributed by atoms with Gasteiger partial charge in [-0.1, -0.05) is 30.3 Å². The van der Waals surface area contributed by atoms with Crippen molar-refractivity contribution in [1.82, 2.24) is 19.3 Å². The van der Waals surface area contributed by atoms with Crippen molar-refractivity contribution in [2.45, 2.75) is 25.9 Å². The Morgan fingerprint density at radius 2 is 2.00 bits per heavy atom. The summed E-state index contributed by atoms with van der Waals surface area (Å²) >= 11 is 0. The Morgan fingerprint density at radius 1 is 1.15 bits per heavy atom. The summed E-state index contributed by atoms with van der Waals surface area (Å²) in [5.41, 5.74) is 3.19. The smallest absolute Gasteiger partial charge is 0.150 e. The summed E-state index contributed by atoms with van der Waals surface area (Å²) in [4.78, 5) is 4.65. The maximum absolute atomic E-state index is 11.8. The first-order valence-corrected chi connectivity index (χ1v) is 10.7. The number of hydrogen-bond acceptors (Lipinski definition) is 4. The van der Waals surface area contributed by atoms with Crippen molar-refractivity contribution in [1.29, 1.82) is 0 Å². The van der Waals surface area contributed by atoms with Crippen LogP contribution >= 0.6 is 0 Å². The summed E-state index contributed by atoms with van der Waals surface area (Å²) in [6.07, 6.45) is 7.11. The van der Waals surface area contributed by atoms with Crippen LogP contribution in [0.5, 0.6) is 0 Å². The van der Waals surface area contributed by atoms with Crippen LogP contribution in [0.2, 0.25) is 0 Å². The molecule has 2 aromatic heterocycles. The van der Waals surface area contributed by atoms with E-state index in [1.807, 2.05) is 41.5 Å². The molecule has 26 heavy (non-hydrogen) atoms. The van der Waals surface area contributed by atoms with Gasteiger partial charge >= 0.3 is 0 Å². The zero-order chi connectivity index (χ0) is 18.0. The Labute approximate surface area is 153 Å². The molecule has 0 saturated carbocycles. The molecule has 1 saturated heterocycles. The lowest BCUT2D eigenvalue weighted by Crippen LogP contribution is -2.15. The van der Waals surface area contributed by atoms with Crippen LogP contribution in [-0.2, 0) is 29.3 Å². The molecule has 1 aliphatic heterocycles. The number of nitrogens with zero attached hydrogens (tertiary/aromatic N) is 4. The van der Waals surface area contributed by atoms with Crippen molar-refractivity contribution in [2.24, 2.45) is 5.92 Å². The highest BCUT2D eigenvalue weighted by molar-refractivity contribution is 7.91. The van der Waals surface area contributed by atoms with E-state index in [9.17, 15) is 8.42 Å². The summed E-state index contributed by atoms with van der Waals surface area (Å²) in [5, 5.41) is 4.28. The van der Waals surface area contributed by atoms with Gasteiger partial charge in [0.2, 0.25) is 0 Å². The number of benzene rings is 1. The number of aromatic nitrogens is 4. The average Bonchev–Trinajstić information content (AvgIpc) is 3.35. The third-order valence-corrected chi connectivity index (χ3v) is 6.75. The van der Waals surface area contributed by atoms with Crippen molar-refractivity contribution in [2.75, 3.05) is 11.5 Å². The minimum Gasteiger partial charge on any atom is -0.334 e. The van der Waals surface area contributed by atoms with Crippen LogP contribution in [0.25, 0.3) is 11.3 Å². The molecule has 0 N–H and O–H groups in total. The molecule has 1 aliphatic rings. The second-order valence-electron chi connectivity index (χ2n) is 6.85. The highest BCUT2D eigenvalue weighted by Gasteiger charge is 2.28. The molecule has 0 bridgehead atoms. The second-order valence-corrected chi connectivity index (χ2v) is 9.08. The first-order valence-electron chi connectivity index (χ1n) is 8.88. The Hall–Kier alpha value is -2.41. The van der Waals surface area contributed by atoms with Crippen LogP contribution < -0.4 is 0 Å². The summed E-state index contributed by atoms with van der Waals surface area (Å²) in [7, 11) is -2.87. The van der Waals surface area contributed by atoms with Gasteiger partial charge in [0.25, 0.3) is 0 Å². The minimum absolute atomic E-state index is 0.168. The van der Waals surface area contributed by atoms with Gasteiger partial charge in [-0.05, 0) is 18.4 Å². The summed E-state index contributed by atoms with van der Waals surface area (Å²) in [5.74, 6) is 0.756. The van der Waals surface area contributed by atoms with E-state index in [4.69, 9.17) is 0 Å². The van der Waals surface area contributed by atoms with Crippen molar-refractivity contribution in [3.8, 4) is 11.3 Å². The number of imidazole rings is 1. The van der Waals surface area contributed by atoms with Crippen molar-refractivity contribution < 1.29 is 8.42 Å². The predicted molar refractivity (Wildman–Crippen MR) is 100 cm³/mol. The number of aryl methyl sites for hydroxylation is 1. The zero-order valence-corrected chi connectivity index (χ0v) is 15.3. The highest BCUT2D eigenvalue weighted by atomic mass is 32.2. The van der Waals surface area contributed by atoms with Gasteiger partial charge in [0.1, 0.15) is 0 Å². The molecule has 6 nitrogen and oxygen atoms in total. The Kier molecular flexibility index (Phi) is 4.63. The van der Waals surface area contributed by atoms with Crippen LogP contribution in [0.15, 0.2) is 55.1 Å². The largest absolute Gasteiger partial charge is 0.334 e. The predicted octanol–water partition coefficient (Wildman–Crippen LogP) is 2.42. The number of hydrogen-bond donors (Lipinski definition) is 0. The van der Waals surface area contributed by atoms with Crippen molar-refractivity contribution in [3.05, 3.63) is 60.8 Å². The molecule has 0 amide bonds. The first-order chi connectivity index (χ1) is 12.6. The summed E-state index contributed by atoms with van der Waals surface area (Å²) < 4.78 is 27.6. The van der Waals surface area contributed by atoms with E-state index in [0.29, 0.717) is 12.3 Å².